The van der Waals surface area contributed by atoms with Crippen LogP contribution < -0.4 is 10.5 Å². The van der Waals surface area contributed by atoms with Crippen LogP contribution >= 0.6 is 11.6 Å². The maximum Gasteiger partial charge on any atom is 0.263 e. The van der Waals surface area contributed by atoms with Crippen molar-refractivity contribution >= 4 is 33.3 Å². The van der Waals surface area contributed by atoms with Crippen molar-refractivity contribution in [3.05, 3.63) is 107 Å². The lowest BCUT2D eigenvalue weighted by Crippen LogP contribution is -2.15. The molecule has 0 fully saturated rings. The SMILES string of the molecule is Cc1cc(NS(=O)(=O)c2ccc(-c3cc(-c4ccc(Cl)cc4)c(C#N)c(N)n3)cc2)n(-c2ccccc2)n1. The summed E-state index contributed by atoms with van der Waals surface area (Å²) in [7, 11) is -3.92. The Morgan fingerprint density at radius 3 is 2.26 bits per heavy atom. The lowest BCUT2D eigenvalue weighted by Gasteiger charge is -2.12. The second kappa shape index (κ2) is 10.0. The van der Waals surface area contributed by atoms with Gasteiger partial charge in [0.25, 0.3) is 10.0 Å². The number of nitrogens with two attached hydrogens (primary N) is 1. The van der Waals surface area contributed by atoms with E-state index in [-0.39, 0.29) is 16.3 Å². The number of anilines is 2. The number of rotatable bonds is 6. The minimum absolute atomic E-state index is 0.0688. The number of nitrogens with one attached hydrogen (secondary N) is 1. The van der Waals surface area contributed by atoms with Gasteiger partial charge in [0.05, 0.1) is 22.0 Å². The van der Waals surface area contributed by atoms with Crippen molar-refractivity contribution in [2.45, 2.75) is 11.8 Å². The van der Waals surface area contributed by atoms with Gasteiger partial charge < -0.3 is 5.73 Å². The molecule has 2 aromatic heterocycles. The van der Waals surface area contributed by atoms with E-state index in [1.54, 1.807) is 60.1 Å². The molecular formula is C28H21ClN6O2S. The van der Waals surface area contributed by atoms with Gasteiger partial charge in [0.1, 0.15) is 23.3 Å². The summed E-state index contributed by atoms with van der Waals surface area (Å²) in [5, 5.41) is 14.6. The third-order valence-electron chi connectivity index (χ3n) is 5.85. The zero-order valence-corrected chi connectivity index (χ0v) is 21.7. The Morgan fingerprint density at radius 2 is 1.61 bits per heavy atom. The van der Waals surface area contributed by atoms with Crippen LogP contribution in [0.4, 0.5) is 11.6 Å². The predicted octanol–water partition coefficient (Wildman–Crippen LogP) is 5.82. The van der Waals surface area contributed by atoms with Gasteiger partial charge >= 0.3 is 0 Å². The maximum atomic E-state index is 13.2. The Balaban J connectivity index is 1.47. The third kappa shape index (κ3) is 4.95. The topological polar surface area (TPSA) is 127 Å². The number of nitriles is 1. The first-order valence-electron chi connectivity index (χ1n) is 11.5. The zero-order chi connectivity index (χ0) is 26.9. The highest BCUT2D eigenvalue weighted by molar-refractivity contribution is 7.92. The highest BCUT2D eigenvalue weighted by Crippen LogP contribution is 2.32. The molecule has 2 heterocycles. The monoisotopic (exact) mass is 540 g/mol. The molecule has 0 bridgehead atoms. The van der Waals surface area contributed by atoms with Crippen LogP contribution in [0.3, 0.4) is 0 Å². The molecule has 0 aliphatic carbocycles. The Labute approximate surface area is 225 Å². The van der Waals surface area contributed by atoms with E-state index in [9.17, 15) is 13.7 Å². The van der Waals surface area contributed by atoms with Crippen molar-refractivity contribution in [2.24, 2.45) is 0 Å². The highest BCUT2D eigenvalue weighted by Gasteiger charge is 2.19. The molecule has 0 unspecified atom stereocenters. The summed E-state index contributed by atoms with van der Waals surface area (Å²) in [6.07, 6.45) is 0. The van der Waals surface area contributed by atoms with Gasteiger partial charge in [0, 0.05) is 22.2 Å². The van der Waals surface area contributed by atoms with Crippen LogP contribution in [0.2, 0.25) is 5.02 Å². The number of hydrogen-bond donors (Lipinski definition) is 2. The molecule has 0 saturated carbocycles. The van der Waals surface area contributed by atoms with E-state index >= 15 is 0 Å². The standard InChI is InChI=1S/C28H21ClN6O2S/c1-18-15-27(35(33-18)22-5-3-2-4-6-22)34-38(36,37)23-13-9-20(10-14-23)26-16-24(25(17-30)28(31)32-26)19-7-11-21(29)12-8-19/h2-16,34H,1H3,(H2,31,32). The summed E-state index contributed by atoms with van der Waals surface area (Å²) in [6, 6.07) is 28.1. The molecule has 0 aliphatic rings. The van der Waals surface area contributed by atoms with Crippen molar-refractivity contribution in [1.29, 1.82) is 5.26 Å². The number of sulfonamides is 1. The maximum absolute atomic E-state index is 13.2. The fourth-order valence-electron chi connectivity index (χ4n) is 4.03. The quantitative estimate of drug-likeness (QED) is 0.279. The van der Waals surface area contributed by atoms with E-state index in [0.29, 0.717) is 33.4 Å². The smallest absolute Gasteiger partial charge is 0.263 e. The van der Waals surface area contributed by atoms with Crippen molar-refractivity contribution in [3.63, 3.8) is 0 Å². The van der Waals surface area contributed by atoms with E-state index in [1.807, 2.05) is 30.3 Å². The highest BCUT2D eigenvalue weighted by atomic mass is 35.5. The molecule has 10 heteroatoms. The molecule has 0 atom stereocenters. The summed E-state index contributed by atoms with van der Waals surface area (Å²) in [6.45, 7) is 1.79. The molecule has 3 N–H and O–H groups in total. The van der Waals surface area contributed by atoms with Gasteiger partial charge in [-0.2, -0.15) is 10.4 Å². The largest absolute Gasteiger partial charge is 0.383 e. The van der Waals surface area contributed by atoms with Crippen LogP contribution in [0, 0.1) is 18.3 Å². The van der Waals surface area contributed by atoms with Crippen LogP contribution in [0.15, 0.2) is 95.9 Å². The minimum atomic E-state index is -3.92. The Kier molecular flexibility index (Phi) is 6.59. The van der Waals surface area contributed by atoms with E-state index in [1.165, 1.54) is 12.1 Å². The summed E-state index contributed by atoms with van der Waals surface area (Å²) in [4.78, 5) is 4.45. The minimum Gasteiger partial charge on any atom is -0.383 e. The van der Waals surface area contributed by atoms with Crippen LogP contribution in [0.25, 0.3) is 28.1 Å². The molecule has 0 aliphatic heterocycles. The van der Waals surface area contributed by atoms with E-state index in [4.69, 9.17) is 17.3 Å². The van der Waals surface area contributed by atoms with Gasteiger partial charge in [0.2, 0.25) is 0 Å². The molecule has 0 saturated heterocycles. The molecule has 0 radical (unpaired) electrons. The molecule has 188 valence electrons. The van der Waals surface area contributed by atoms with Crippen LogP contribution in [-0.2, 0) is 10.0 Å². The van der Waals surface area contributed by atoms with Gasteiger partial charge in [0.15, 0.2) is 0 Å². The van der Waals surface area contributed by atoms with Crippen LogP contribution in [0.5, 0.6) is 0 Å². The van der Waals surface area contributed by atoms with Crippen molar-refractivity contribution in [3.8, 4) is 34.1 Å². The number of hydrogen-bond acceptors (Lipinski definition) is 6. The number of aromatic nitrogens is 3. The summed E-state index contributed by atoms with van der Waals surface area (Å²) >= 11 is 6.01. The number of pyridine rings is 1. The second-order valence-corrected chi connectivity index (χ2v) is 10.6. The normalized spacial score (nSPS) is 11.2. The lowest BCUT2D eigenvalue weighted by molar-refractivity contribution is 0.600. The van der Waals surface area contributed by atoms with Crippen LogP contribution in [0.1, 0.15) is 11.3 Å². The first kappa shape index (κ1) is 25.0. The fraction of sp³-hybridized carbons (Fsp3) is 0.0357. The number of halogens is 1. The van der Waals surface area contributed by atoms with Gasteiger partial charge in [-0.3, -0.25) is 4.72 Å². The number of benzene rings is 3. The Morgan fingerprint density at radius 1 is 0.947 bits per heavy atom. The Hall–Kier alpha value is -4.65. The molecule has 8 nitrogen and oxygen atoms in total. The fourth-order valence-corrected chi connectivity index (χ4v) is 5.19. The molecule has 5 rings (SSSR count). The van der Waals surface area contributed by atoms with E-state index < -0.39 is 10.0 Å². The third-order valence-corrected chi connectivity index (χ3v) is 7.47. The first-order valence-corrected chi connectivity index (χ1v) is 13.3. The van der Waals surface area contributed by atoms with Gasteiger partial charge in [-0.25, -0.2) is 18.1 Å². The molecule has 0 amide bonds. The summed E-state index contributed by atoms with van der Waals surface area (Å²) < 4.78 is 30.6. The van der Waals surface area contributed by atoms with E-state index in [0.717, 1.165) is 11.3 Å². The van der Waals surface area contributed by atoms with Crippen molar-refractivity contribution in [1.82, 2.24) is 14.8 Å². The van der Waals surface area contributed by atoms with Gasteiger partial charge in [-0.1, -0.05) is 54.1 Å². The molecule has 0 spiro atoms. The second-order valence-electron chi connectivity index (χ2n) is 8.48. The average Bonchev–Trinajstić information content (AvgIpc) is 3.28. The number of para-hydroxylation sites is 1. The number of aryl methyl sites for hydroxylation is 1. The lowest BCUT2D eigenvalue weighted by atomic mass is 9.98. The Bertz CT molecular complexity index is 1780. The molecule has 3 aromatic carbocycles. The summed E-state index contributed by atoms with van der Waals surface area (Å²) in [5.41, 5.74) is 10.3. The summed E-state index contributed by atoms with van der Waals surface area (Å²) in [5.74, 6) is 0.407. The predicted molar refractivity (Wildman–Crippen MR) is 148 cm³/mol. The van der Waals surface area contributed by atoms with Crippen molar-refractivity contribution < 1.29 is 8.42 Å². The van der Waals surface area contributed by atoms with Gasteiger partial charge in [-0.05, 0) is 55.0 Å². The first-order chi connectivity index (χ1) is 18.2. The molecular weight excluding hydrogens is 520 g/mol. The van der Waals surface area contributed by atoms with Gasteiger partial charge in [-0.15, -0.1) is 0 Å². The number of nitrogen functional groups attached to an aromatic ring is 1. The van der Waals surface area contributed by atoms with E-state index in [2.05, 4.69) is 20.9 Å². The zero-order valence-electron chi connectivity index (χ0n) is 20.1. The van der Waals surface area contributed by atoms with Crippen LogP contribution in [-0.4, -0.2) is 23.2 Å². The average molecular weight is 541 g/mol. The van der Waals surface area contributed by atoms with Crippen molar-refractivity contribution in [2.75, 3.05) is 10.5 Å². The molecule has 38 heavy (non-hydrogen) atoms. The number of nitrogens with zero attached hydrogens (tertiary/aromatic N) is 4. The molecule has 5 aromatic rings.